The maximum atomic E-state index is 12.7. The molecule has 1 aromatic carbocycles. The van der Waals surface area contributed by atoms with E-state index in [1.165, 1.54) is 0 Å². The van der Waals surface area contributed by atoms with Gasteiger partial charge in [0.25, 0.3) is 0 Å². The van der Waals surface area contributed by atoms with Crippen molar-refractivity contribution in [1.82, 2.24) is 10.3 Å². The molecular weight excluding hydrogens is 450 g/mol. The molecule has 0 bridgehead atoms. The number of hydrogen-bond donors (Lipinski definition) is 3. The van der Waals surface area contributed by atoms with Gasteiger partial charge in [0.1, 0.15) is 18.0 Å². The third kappa shape index (κ3) is 5.47. The molecule has 9 heteroatoms. The lowest BCUT2D eigenvalue weighted by Gasteiger charge is -2.37. The van der Waals surface area contributed by atoms with Gasteiger partial charge in [0.2, 0.25) is 11.8 Å². The summed E-state index contributed by atoms with van der Waals surface area (Å²) >= 11 is 0. The van der Waals surface area contributed by atoms with Crippen LogP contribution in [-0.2, 0) is 25.6 Å². The summed E-state index contributed by atoms with van der Waals surface area (Å²) in [4.78, 5) is 29.5. The standard InChI is InChI=1S/C26H31N3O6/c30-15-23-25-21(12-19(34-23)13-24(31)28-14-18-3-1-2-8-27-18)20-11-17(4-5-22(20)35-25)29-26(32)16-6-9-33-10-7-16/h1-5,8,11,16,19,21,23,25,30H,6-7,9-10,12-15H2,(H,28,31)(H,29,32)/t19-,21-,23+,25+/m0/s1. The van der Waals surface area contributed by atoms with Gasteiger partial charge >= 0.3 is 0 Å². The highest BCUT2D eigenvalue weighted by Crippen LogP contribution is 2.47. The van der Waals surface area contributed by atoms with Gasteiger partial charge in [-0.05, 0) is 49.6 Å². The molecular formula is C26H31N3O6. The molecule has 1 aromatic heterocycles. The normalized spacial score (nSPS) is 25.7. The van der Waals surface area contributed by atoms with Crippen LogP contribution in [0.2, 0.25) is 0 Å². The zero-order valence-electron chi connectivity index (χ0n) is 19.5. The second kappa shape index (κ2) is 10.7. The molecule has 3 N–H and O–H groups in total. The highest BCUT2D eigenvalue weighted by Gasteiger charge is 2.46. The van der Waals surface area contributed by atoms with Crippen LogP contribution in [0, 0.1) is 5.92 Å². The monoisotopic (exact) mass is 481 g/mol. The van der Waals surface area contributed by atoms with Crippen molar-refractivity contribution in [3.05, 3.63) is 53.9 Å². The summed E-state index contributed by atoms with van der Waals surface area (Å²) in [5.41, 5.74) is 2.48. The Morgan fingerprint density at radius 3 is 2.77 bits per heavy atom. The lowest BCUT2D eigenvalue weighted by atomic mass is 9.84. The Morgan fingerprint density at radius 2 is 2.00 bits per heavy atom. The van der Waals surface area contributed by atoms with Gasteiger partial charge in [0, 0.05) is 42.5 Å². The first kappa shape index (κ1) is 23.7. The van der Waals surface area contributed by atoms with E-state index in [0.29, 0.717) is 26.2 Å². The lowest BCUT2D eigenvalue weighted by molar-refractivity contribution is -0.142. The number of aliphatic hydroxyl groups excluding tert-OH is 1. The molecule has 186 valence electrons. The van der Waals surface area contributed by atoms with Gasteiger partial charge in [-0.1, -0.05) is 6.07 Å². The number of carbonyl (C=O) groups excluding carboxylic acids is 2. The smallest absolute Gasteiger partial charge is 0.227 e. The Bertz CT molecular complexity index is 1040. The van der Waals surface area contributed by atoms with Crippen LogP contribution in [0.4, 0.5) is 5.69 Å². The van der Waals surface area contributed by atoms with E-state index in [4.69, 9.17) is 14.2 Å². The summed E-state index contributed by atoms with van der Waals surface area (Å²) in [6, 6.07) is 11.2. The highest BCUT2D eigenvalue weighted by molar-refractivity contribution is 5.92. The Balaban J connectivity index is 1.24. The number of hydrogen-bond acceptors (Lipinski definition) is 7. The van der Waals surface area contributed by atoms with E-state index >= 15 is 0 Å². The maximum Gasteiger partial charge on any atom is 0.227 e. The molecule has 5 rings (SSSR count). The number of anilines is 1. The average molecular weight is 482 g/mol. The number of ether oxygens (including phenoxy) is 3. The number of nitrogens with zero attached hydrogens (tertiary/aromatic N) is 1. The molecule has 4 atom stereocenters. The molecule has 4 heterocycles. The number of aliphatic hydroxyl groups is 1. The molecule has 0 radical (unpaired) electrons. The second-order valence-electron chi connectivity index (χ2n) is 9.33. The highest BCUT2D eigenvalue weighted by atomic mass is 16.6. The molecule has 9 nitrogen and oxygen atoms in total. The summed E-state index contributed by atoms with van der Waals surface area (Å²) in [5, 5.41) is 15.9. The number of pyridine rings is 1. The molecule has 0 saturated carbocycles. The Labute approximate surface area is 204 Å². The van der Waals surface area contributed by atoms with E-state index in [-0.39, 0.29) is 48.9 Å². The maximum absolute atomic E-state index is 12.7. The van der Waals surface area contributed by atoms with Crippen molar-refractivity contribution in [3.8, 4) is 5.75 Å². The largest absolute Gasteiger partial charge is 0.487 e. The fourth-order valence-corrected chi connectivity index (χ4v) is 5.14. The van der Waals surface area contributed by atoms with Crippen LogP contribution in [0.5, 0.6) is 5.75 Å². The summed E-state index contributed by atoms with van der Waals surface area (Å²) < 4.78 is 17.5. The minimum absolute atomic E-state index is 0.00591. The van der Waals surface area contributed by atoms with E-state index in [1.807, 2.05) is 36.4 Å². The predicted octanol–water partition coefficient (Wildman–Crippen LogP) is 2.15. The van der Waals surface area contributed by atoms with Crippen molar-refractivity contribution in [2.75, 3.05) is 25.1 Å². The summed E-state index contributed by atoms with van der Waals surface area (Å²) in [7, 11) is 0. The van der Waals surface area contributed by atoms with Crippen molar-refractivity contribution in [1.29, 1.82) is 0 Å². The number of fused-ring (bicyclic) bond motifs is 3. The van der Waals surface area contributed by atoms with Crippen LogP contribution in [-0.4, -0.2) is 60.0 Å². The molecule has 3 aliphatic heterocycles. The molecule has 0 aliphatic carbocycles. The molecule has 2 fully saturated rings. The number of carbonyl (C=O) groups is 2. The zero-order valence-corrected chi connectivity index (χ0v) is 19.5. The number of benzene rings is 1. The van der Waals surface area contributed by atoms with Crippen LogP contribution < -0.4 is 15.4 Å². The van der Waals surface area contributed by atoms with Crippen LogP contribution in [0.15, 0.2) is 42.6 Å². The van der Waals surface area contributed by atoms with E-state index < -0.39 is 6.10 Å². The Morgan fingerprint density at radius 1 is 1.14 bits per heavy atom. The van der Waals surface area contributed by atoms with Gasteiger partial charge in [0.05, 0.1) is 31.4 Å². The summed E-state index contributed by atoms with van der Waals surface area (Å²) in [5.74, 6) is 0.520. The molecule has 0 spiro atoms. The number of aromatic nitrogens is 1. The van der Waals surface area contributed by atoms with Crippen molar-refractivity contribution in [2.45, 2.75) is 56.5 Å². The molecule has 2 saturated heterocycles. The van der Waals surface area contributed by atoms with Crippen LogP contribution >= 0.6 is 0 Å². The van der Waals surface area contributed by atoms with Crippen LogP contribution in [0.3, 0.4) is 0 Å². The molecule has 3 aliphatic rings. The van der Waals surface area contributed by atoms with Crippen molar-refractivity contribution in [3.63, 3.8) is 0 Å². The topological polar surface area (TPSA) is 119 Å². The summed E-state index contributed by atoms with van der Waals surface area (Å²) in [6.07, 6.45) is 2.69. The number of rotatable bonds is 7. The van der Waals surface area contributed by atoms with Gasteiger partial charge in [-0.3, -0.25) is 14.6 Å². The van der Waals surface area contributed by atoms with E-state index in [2.05, 4.69) is 15.6 Å². The number of amides is 2. The van der Waals surface area contributed by atoms with Gasteiger partial charge < -0.3 is 30.0 Å². The zero-order chi connectivity index (χ0) is 24.2. The predicted molar refractivity (Wildman–Crippen MR) is 127 cm³/mol. The molecule has 35 heavy (non-hydrogen) atoms. The van der Waals surface area contributed by atoms with Crippen molar-refractivity contribution in [2.24, 2.45) is 5.92 Å². The van der Waals surface area contributed by atoms with E-state index in [1.54, 1.807) is 6.20 Å². The quantitative estimate of drug-likeness (QED) is 0.554. The lowest BCUT2D eigenvalue weighted by Crippen LogP contribution is -2.47. The van der Waals surface area contributed by atoms with Gasteiger partial charge in [-0.15, -0.1) is 0 Å². The molecule has 2 amide bonds. The first-order valence-electron chi connectivity index (χ1n) is 12.2. The second-order valence-corrected chi connectivity index (χ2v) is 9.33. The minimum atomic E-state index is -0.532. The minimum Gasteiger partial charge on any atom is -0.487 e. The first-order chi connectivity index (χ1) is 17.1. The fourth-order valence-electron chi connectivity index (χ4n) is 5.14. The number of nitrogens with one attached hydrogen (secondary N) is 2. The van der Waals surface area contributed by atoms with Crippen molar-refractivity contribution < 1.29 is 28.9 Å². The van der Waals surface area contributed by atoms with Gasteiger partial charge in [-0.25, -0.2) is 0 Å². The van der Waals surface area contributed by atoms with E-state index in [9.17, 15) is 14.7 Å². The van der Waals surface area contributed by atoms with Crippen LogP contribution in [0.25, 0.3) is 0 Å². The molecule has 2 aromatic rings. The van der Waals surface area contributed by atoms with Gasteiger partial charge in [-0.2, -0.15) is 0 Å². The van der Waals surface area contributed by atoms with Crippen molar-refractivity contribution >= 4 is 17.5 Å². The fraction of sp³-hybridized carbons (Fsp3) is 0.500. The van der Waals surface area contributed by atoms with Crippen LogP contribution in [0.1, 0.15) is 42.9 Å². The first-order valence-corrected chi connectivity index (χ1v) is 12.2. The third-order valence-electron chi connectivity index (χ3n) is 6.96. The van der Waals surface area contributed by atoms with E-state index in [0.717, 1.165) is 35.5 Å². The third-order valence-corrected chi connectivity index (χ3v) is 6.96. The molecule has 0 unspecified atom stereocenters. The summed E-state index contributed by atoms with van der Waals surface area (Å²) in [6.45, 7) is 1.37. The van der Waals surface area contributed by atoms with Gasteiger partial charge in [0.15, 0.2) is 0 Å². The Hall–Kier alpha value is -3.01. The average Bonchev–Trinajstić information content (AvgIpc) is 3.26. The Kier molecular flexibility index (Phi) is 7.26. The SMILES string of the molecule is O=C(C[C@@H]1C[C@H]2c3cc(NC(=O)C4CCOCC4)ccc3O[C@H]2[C@@H](CO)O1)NCc1ccccn1.